The van der Waals surface area contributed by atoms with E-state index >= 15 is 0 Å². The summed E-state index contributed by atoms with van der Waals surface area (Å²) in [5.41, 5.74) is 3.87. The minimum absolute atomic E-state index is 0.296. The third-order valence-corrected chi connectivity index (χ3v) is 3.38. The van der Waals surface area contributed by atoms with Gasteiger partial charge in [-0.3, -0.25) is 11.3 Å². The molecule has 0 aliphatic heterocycles. The Morgan fingerprint density at radius 3 is 2.74 bits per heavy atom. The maximum atomic E-state index is 13.8. The topological polar surface area (TPSA) is 50.9 Å². The van der Waals surface area contributed by atoms with Crippen molar-refractivity contribution in [2.45, 2.75) is 12.5 Å². The molecule has 19 heavy (non-hydrogen) atoms. The van der Waals surface area contributed by atoms with E-state index in [4.69, 9.17) is 29.0 Å². The van der Waals surface area contributed by atoms with Crippen LogP contribution in [0.4, 0.5) is 4.39 Å². The Morgan fingerprint density at radius 2 is 2.11 bits per heavy atom. The molecule has 2 rings (SSSR count). The Morgan fingerprint density at radius 1 is 1.32 bits per heavy atom. The normalized spacial score (nSPS) is 12.4. The molecule has 3 N–H and O–H groups in total. The molecular formula is C13H12Cl2FN3. The summed E-state index contributed by atoms with van der Waals surface area (Å²) in [4.78, 5) is 3.90. The first-order valence-corrected chi connectivity index (χ1v) is 6.38. The molecule has 0 spiro atoms. The lowest BCUT2D eigenvalue weighted by molar-refractivity contribution is 0.529. The van der Waals surface area contributed by atoms with Crippen molar-refractivity contribution in [3.8, 4) is 0 Å². The fourth-order valence-corrected chi connectivity index (χ4v) is 2.26. The number of rotatable bonds is 4. The Hall–Kier alpha value is -1.20. The number of hydrogen-bond acceptors (Lipinski definition) is 3. The molecule has 1 aromatic heterocycles. The average Bonchev–Trinajstić information content (AvgIpc) is 2.38. The highest BCUT2D eigenvalue weighted by atomic mass is 35.5. The number of hydrogen-bond donors (Lipinski definition) is 2. The van der Waals surface area contributed by atoms with Crippen LogP contribution in [0.2, 0.25) is 10.2 Å². The van der Waals surface area contributed by atoms with E-state index in [1.807, 2.05) is 0 Å². The van der Waals surface area contributed by atoms with Crippen LogP contribution in [0.5, 0.6) is 0 Å². The van der Waals surface area contributed by atoms with Crippen LogP contribution in [-0.2, 0) is 6.42 Å². The fraction of sp³-hybridized carbons (Fsp3) is 0.154. The molecule has 0 aliphatic carbocycles. The maximum absolute atomic E-state index is 13.8. The lowest BCUT2D eigenvalue weighted by atomic mass is 10.00. The van der Waals surface area contributed by atoms with Crippen molar-refractivity contribution < 1.29 is 4.39 Å². The first-order valence-electron chi connectivity index (χ1n) is 5.62. The highest BCUT2D eigenvalue weighted by Gasteiger charge is 2.16. The molecule has 1 heterocycles. The molecule has 100 valence electrons. The standard InChI is InChI=1S/C13H12Cl2FN3/c14-10-2-1-3-11(16)9(10)7-12(19-17)8-4-5-18-13(15)6-8/h1-6,12,19H,7,17H2. The van der Waals surface area contributed by atoms with Crippen LogP contribution in [0.15, 0.2) is 36.5 Å². The lowest BCUT2D eigenvalue weighted by Crippen LogP contribution is -2.30. The van der Waals surface area contributed by atoms with Crippen LogP contribution in [0.3, 0.4) is 0 Å². The summed E-state index contributed by atoms with van der Waals surface area (Å²) in [5.74, 6) is 5.17. The van der Waals surface area contributed by atoms with Crippen molar-refractivity contribution >= 4 is 23.2 Å². The zero-order valence-corrected chi connectivity index (χ0v) is 11.4. The highest BCUT2D eigenvalue weighted by Crippen LogP contribution is 2.26. The second-order valence-corrected chi connectivity index (χ2v) is 4.83. The number of aromatic nitrogens is 1. The van der Waals surface area contributed by atoms with Gasteiger partial charge in [0.25, 0.3) is 0 Å². The fourth-order valence-electron chi connectivity index (χ4n) is 1.84. The number of nitrogens with zero attached hydrogens (tertiary/aromatic N) is 1. The van der Waals surface area contributed by atoms with E-state index in [1.165, 1.54) is 6.07 Å². The van der Waals surface area contributed by atoms with Gasteiger partial charge in [-0.05, 0) is 36.2 Å². The second kappa shape index (κ2) is 6.30. The Labute approximate surface area is 120 Å². The quantitative estimate of drug-likeness (QED) is 0.517. The van der Waals surface area contributed by atoms with E-state index in [0.29, 0.717) is 22.2 Å². The second-order valence-electron chi connectivity index (χ2n) is 4.04. The van der Waals surface area contributed by atoms with E-state index in [9.17, 15) is 4.39 Å². The van der Waals surface area contributed by atoms with Gasteiger partial charge in [0, 0.05) is 16.8 Å². The van der Waals surface area contributed by atoms with Crippen molar-refractivity contribution in [1.29, 1.82) is 0 Å². The van der Waals surface area contributed by atoms with Gasteiger partial charge in [0.1, 0.15) is 11.0 Å². The van der Waals surface area contributed by atoms with Crippen molar-refractivity contribution in [3.05, 3.63) is 63.6 Å². The summed E-state index contributed by atoms with van der Waals surface area (Å²) >= 11 is 11.8. The van der Waals surface area contributed by atoms with Crippen molar-refractivity contribution in [2.24, 2.45) is 5.84 Å². The van der Waals surface area contributed by atoms with Gasteiger partial charge in [-0.2, -0.15) is 0 Å². The first kappa shape index (κ1) is 14.2. The third kappa shape index (κ3) is 3.42. The van der Waals surface area contributed by atoms with E-state index in [2.05, 4.69) is 10.4 Å². The molecule has 0 bridgehead atoms. The summed E-state index contributed by atoms with van der Waals surface area (Å²) in [6.07, 6.45) is 1.90. The number of hydrazine groups is 1. The SMILES string of the molecule is NNC(Cc1c(F)cccc1Cl)c1ccnc(Cl)c1. The molecule has 0 amide bonds. The van der Waals surface area contributed by atoms with Crippen LogP contribution in [-0.4, -0.2) is 4.98 Å². The molecule has 2 aromatic rings. The first-order chi connectivity index (χ1) is 9.11. The van der Waals surface area contributed by atoms with Crippen molar-refractivity contribution in [2.75, 3.05) is 0 Å². The zero-order chi connectivity index (χ0) is 13.8. The maximum Gasteiger partial charge on any atom is 0.129 e. The monoisotopic (exact) mass is 299 g/mol. The summed E-state index contributed by atoms with van der Waals surface area (Å²) in [5, 5.41) is 0.734. The summed E-state index contributed by atoms with van der Waals surface area (Å²) in [6.45, 7) is 0. The van der Waals surface area contributed by atoms with Gasteiger partial charge in [-0.15, -0.1) is 0 Å². The molecule has 1 atom stereocenters. The van der Waals surface area contributed by atoms with Crippen LogP contribution >= 0.6 is 23.2 Å². The van der Waals surface area contributed by atoms with Gasteiger partial charge in [0.05, 0.1) is 6.04 Å². The predicted molar refractivity (Wildman–Crippen MR) is 74.4 cm³/mol. The Kier molecular flexibility index (Phi) is 4.71. The van der Waals surface area contributed by atoms with Gasteiger partial charge in [-0.1, -0.05) is 29.3 Å². The number of halogens is 3. The largest absolute Gasteiger partial charge is 0.271 e. The zero-order valence-electron chi connectivity index (χ0n) is 9.91. The van der Waals surface area contributed by atoms with Gasteiger partial charge in [-0.25, -0.2) is 9.37 Å². The van der Waals surface area contributed by atoms with Crippen molar-refractivity contribution in [3.63, 3.8) is 0 Å². The van der Waals surface area contributed by atoms with E-state index in [-0.39, 0.29) is 11.9 Å². The van der Waals surface area contributed by atoms with Crippen LogP contribution in [0, 0.1) is 5.82 Å². The van der Waals surface area contributed by atoms with Gasteiger partial charge < -0.3 is 0 Å². The number of nitrogens with two attached hydrogens (primary N) is 1. The number of benzene rings is 1. The third-order valence-electron chi connectivity index (χ3n) is 2.82. The summed E-state index contributed by atoms with van der Waals surface area (Å²) < 4.78 is 13.8. The smallest absolute Gasteiger partial charge is 0.129 e. The van der Waals surface area contributed by atoms with Crippen molar-refractivity contribution in [1.82, 2.24) is 10.4 Å². The Bertz CT molecular complexity index is 557. The molecular weight excluding hydrogens is 288 g/mol. The predicted octanol–water partition coefficient (Wildman–Crippen LogP) is 3.27. The Balaban J connectivity index is 2.29. The lowest BCUT2D eigenvalue weighted by Gasteiger charge is -2.17. The molecule has 3 nitrogen and oxygen atoms in total. The summed E-state index contributed by atoms with van der Waals surface area (Å²) in [6, 6.07) is 7.73. The van der Waals surface area contributed by atoms with E-state index < -0.39 is 0 Å². The minimum atomic E-state index is -0.354. The molecule has 0 radical (unpaired) electrons. The molecule has 1 unspecified atom stereocenters. The average molecular weight is 300 g/mol. The van der Waals surface area contributed by atoms with Gasteiger partial charge >= 0.3 is 0 Å². The molecule has 0 fully saturated rings. The number of pyridine rings is 1. The summed E-state index contributed by atoms with van der Waals surface area (Å²) in [7, 11) is 0. The van der Waals surface area contributed by atoms with Crippen LogP contribution < -0.4 is 11.3 Å². The molecule has 0 saturated carbocycles. The van der Waals surface area contributed by atoms with Crippen LogP contribution in [0.1, 0.15) is 17.2 Å². The van der Waals surface area contributed by atoms with Gasteiger partial charge in [0.15, 0.2) is 0 Å². The van der Waals surface area contributed by atoms with Gasteiger partial charge in [0.2, 0.25) is 0 Å². The molecule has 6 heteroatoms. The van der Waals surface area contributed by atoms with E-state index in [1.54, 1.807) is 30.5 Å². The van der Waals surface area contributed by atoms with Crippen LogP contribution in [0.25, 0.3) is 0 Å². The minimum Gasteiger partial charge on any atom is -0.271 e. The number of nitrogens with one attached hydrogen (secondary N) is 1. The highest BCUT2D eigenvalue weighted by molar-refractivity contribution is 6.31. The molecule has 1 aromatic carbocycles. The molecule has 0 aliphatic rings. The molecule has 0 saturated heterocycles. The van der Waals surface area contributed by atoms with E-state index in [0.717, 1.165) is 5.56 Å².